The SMILES string of the molecule is [B]C(=O)CNC(C)N. The number of hydrogen-bond donors (Lipinski definition) is 2. The molecule has 0 aliphatic heterocycles. The Balaban J connectivity index is 3.05. The Morgan fingerprint density at radius 1 is 2.00 bits per heavy atom. The van der Waals surface area contributed by atoms with Crippen molar-refractivity contribution in [2.75, 3.05) is 6.54 Å². The van der Waals surface area contributed by atoms with Gasteiger partial charge in [-0.2, -0.15) is 0 Å². The fourth-order valence-electron chi connectivity index (χ4n) is 0.262. The molecule has 2 radical (unpaired) electrons. The molecule has 1 atom stereocenters. The largest absolute Gasteiger partial charge is 0.316 e. The topological polar surface area (TPSA) is 55.1 Å². The highest BCUT2D eigenvalue weighted by atomic mass is 16.1. The Morgan fingerprint density at radius 2 is 2.50 bits per heavy atom. The van der Waals surface area contributed by atoms with E-state index >= 15 is 0 Å². The number of nitrogens with one attached hydrogen (secondary N) is 1. The maximum absolute atomic E-state index is 10.0. The number of carbonyl (C=O) groups is 1. The van der Waals surface area contributed by atoms with Crippen molar-refractivity contribution in [2.24, 2.45) is 5.73 Å². The van der Waals surface area contributed by atoms with Gasteiger partial charge in [-0.15, -0.1) is 0 Å². The summed E-state index contributed by atoms with van der Waals surface area (Å²) in [6, 6.07) is 0. The van der Waals surface area contributed by atoms with Gasteiger partial charge in [0.05, 0.1) is 11.8 Å². The van der Waals surface area contributed by atoms with Gasteiger partial charge in [-0.3, -0.25) is 5.32 Å². The minimum Gasteiger partial charge on any atom is -0.316 e. The molecule has 4 heteroatoms. The lowest BCUT2D eigenvalue weighted by molar-refractivity contribution is -0.111. The Hall–Kier alpha value is -0.345. The number of nitrogens with two attached hydrogens (primary N) is 1. The molecule has 0 aliphatic rings. The van der Waals surface area contributed by atoms with Gasteiger partial charge >= 0.3 is 0 Å². The summed E-state index contributed by atoms with van der Waals surface area (Å²) in [6.45, 7) is 1.89. The van der Waals surface area contributed by atoms with Crippen LogP contribution in [0, 0.1) is 0 Å². The van der Waals surface area contributed by atoms with Crippen LogP contribution in [-0.2, 0) is 4.79 Å². The molecule has 0 heterocycles. The predicted octanol–water partition coefficient (Wildman–Crippen LogP) is -1.42. The molecule has 0 saturated carbocycles. The number of hydrogen-bond acceptors (Lipinski definition) is 3. The van der Waals surface area contributed by atoms with Crippen molar-refractivity contribution in [3.63, 3.8) is 0 Å². The highest BCUT2D eigenvalue weighted by Gasteiger charge is 1.92. The summed E-state index contributed by atoms with van der Waals surface area (Å²) in [5, 5.41) is 2.65. The van der Waals surface area contributed by atoms with Crippen LogP contribution in [-0.4, -0.2) is 26.2 Å². The molecular weight excluding hydrogens is 103 g/mol. The molecule has 8 heavy (non-hydrogen) atoms. The molecular formula is C4H9BN2O. The molecule has 0 spiro atoms. The first-order valence-corrected chi connectivity index (χ1v) is 2.40. The summed E-state index contributed by atoms with van der Waals surface area (Å²) in [6.07, 6.45) is -0.164. The van der Waals surface area contributed by atoms with Gasteiger partial charge in [0.1, 0.15) is 0 Å². The van der Waals surface area contributed by atoms with Gasteiger partial charge < -0.3 is 10.5 Å². The summed E-state index contributed by atoms with van der Waals surface area (Å²) in [5.74, 6) is 0. The third-order valence-electron chi connectivity index (χ3n) is 0.598. The third kappa shape index (κ3) is 5.65. The van der Waals surface area contributed by atoms with E-state index in [9.17, 15) is 4.79 Å². The van der Waals surface area contributed by atoms with E-state index in [1.165, 1.54) is 0 Å². The Kier molecular flexibility index (Phi) is 3.48. The monoisotopic (exact) mass is 112 g/mol. The lowest BCUT2D eigenvalue weighted by atomic mass is 10.0. The lowest BCUT2D eigenvalue weighted by Crippen LogP contribution is -2.37. The maximum atomic E-state index is 10.0. The summed E-state index contributed by atoms with van der Waals surface area (Å²) in [5.41, 5.74) is 4.84. The quantitative estimate of drug-likeness (QED) is 0.347. The average molecular weight is 112 g/mol. The van der Waals surface area contributed by atoms with E-state index in [1.807, 2.05) is 0 Å². The molecule has 0 saturated heterocycles. The standard InChI is InChI=1S/C4H9BN2O/c1-3(6)7-2-4(5)8/h3,7H,2,6H2,1H3. The van der Waals surface area contributed by atoms with Crippen LogP contribution in [0.2, 0.25) is 0 Å². The average Bonchev–Trinajstić information content (AvgIpc) is 1.61. The van der Waals surface area contributed by atoms with E-state index in [0.717, 1.165) is 0 Å². The van der Waals surface area contributed by atoms with E-state index in [4.69, 9.17) is 13.6 Å². The molecule has 3 nitrogen and oxygen atoms in total. The first-order valence-electron chi connectivity index (χ1n) is 2.40. The van der Waals surface area contributed by atoms with Crippen molar-refractivity contribution in [3.05, 3.63) is 0 Å². The zero-order valence-corrected chi connectivity index (χ0v) is 4.85. The lowest BCUT2D eigenvalue weighted by Gasteiger charge is -2.03. The van der Waals surface area contributed by atoms with Gasteiger partial charge in [0.25, 0.3) is 0 Å². The van der Waals surface area contributed by atoms with Crippen molar-refractivity contribution >= 4 is 13.5 Å². The van der Waals surface area contributed by atoms with Gasteiger partial charge in [-0.1, -0.05) is 0 Å². The zero-order chi connectivity index (χ0) is 6.57. The Morgan fingerprint density at radius 3 is 2.62 bits per heavy atom. The maximum Gasteiger partial charge on any atom is 0.169 e. The van der Waals surface area contributed by atoms with Gasteiger partial charge in [-0.25, -0.2) is 0 Å². The molecule has 44 valence electrons. The predicted molar refractivity (Wildman–Crippen MR) is 32.4 cm³/mol. The van der Waals surface area contributed by atoms with Gasteiger partial charge in [-0.05, 0) is 6.92 Å². The highest BCUT2D eigenvalue weighted by molar-refractivity contribution is 6.58. The van der Waals surface area contributed by atoms with Crippen molar-refractivity contribution in [1.29, 1.82) is 0 Å². The minimum atomic E-state index is -0.387. The van der Waals surface area contributed by atoms with E-state index in [-0.39, 0.29) is 18.4 Å². The summed E-state index contributed by atoms with van der Waals surface area (Å²) in [4.78, 5) is 10.0. The van der Waals surface area contributed by atoms with E-state index < -0.39 is 0 Å². The van der Waals surface area contributed by atoms with Gasteiger partial charge in [0, 0.05) is 6.54 Å². The van der Waals surface area contributed by atoms with Crippen molar-refractivity contribution in [2.45, 2.75) is 13.1 Å². The summed E-state index contributed by atoms with van der Waals surface area (Å²) >= 11 is 0. The molecule has 0 aromatic carbocycles. The molecule has 0 rings (SSSR count). The van der Waals surface area contributed by atoms with Gasteiger partial charge in [0.2, 0.25) is 0 Å². The van der Waals surface area contributed by atoms with Crippen molar-refractivity contribution < 1.29 is 4.79 Å². The van der Waals surface area contributed by atoms with E-state index in [0.29, 0.717) is 0 Å². The smallest absolute Gasteiger partial charge is 0.169 e. The van der Waals surface area contributed by atoms with Crippen LogP contribution < -0.4 is 11.1 Å². The summed E-state index contributed by atoms with van der Waals surface area (Å²) < 4.78 is 0. The number of rotatable bonds is 3. The van der Waals surface area contributed by atoms with Crippen LogP contribution in [0.25, 0.3) is 0 Å². The first kappa shape index (κ1) is 7.65. The van der Waals surface area contributed by atoms with Crippen LogP contribution >= 0.6 is 0 Å². The second-order valence-electron chi connectivity index (χ2n) is 1.64. The van der Waals surface area contributed by atoms with Crippen LogP contribution in [0.15, 0.2) is 0 Å². The van der Waals surface area contributed by atoms with Crippen LogP contribution in [0.4, 0.5) is 0 Å². The second-order valence-corrected chi connectivity index (χ2v) is 1.64. The van der Waals surface area contributed by atoms with E-state index in [1.54, 1.807) is 6.92 Å². The van der Waals surface area contributed by atoms with Crippen LogP contribution in [0.3, 0.4) is 0 Å². The Bertz CT molecular complexity index is 84.1. The fraction of sp³-hybridized carbons (Fsp3) is 0.750. The highest BCUT2D eigenvalue weighted by Crippen LogP contribution is 1.63. The third-order valence-corrected chi connectivity index (χ3v) is 0.598. The molecule has 0 bridgehead atoms. The van der Waals surface area contributed by atoms with Crippen molar-refractivity contribution in [1.82, 2.24) is 5.32 Å². The molecule has 0 aromatic rings. The molecule has 3 N–H and O–H groups in total. The normalized spacial score (nSPS) is 13.2. The van der Waals surface area contributed by atoms with Crippen molar-refractivity contribution in [3.8, 4) is 0 Å². The summed E-state index contributed by atoms with van der Waals surface area (Å²) in [7, 11) is 4.78. The van der Waals surface area contributed by atoms with Crippen LogP contribution in [0.5, 0.6) is 0 Å². The first-order chi connectivity index (χ1) is 3.63. The fourth-order valence-corrected chi connectivity index (χ4v) is 0.262. The van der Waals surface area contributed by atoms with Gasteiger partial charge in [0.15, 0.2) is 7.85 Å². The van der Waals surface area contributed by atoms with E-state index in [2.05, 4.69) is 5.32 Å². The zero-order valence-electron chi connectivity index (χ0n) is 4.85. The second kappa shape index (κ2) is 3.63. The molecule has 0 aliphatic carbocycles. The molecule has 0 aromatic heterocycles. The molecule has 0 amide bonds. The van der Waals surface area contributed by atoms with Crippen LogP contribution in [0.1, 0.15) is 6.92 Å². The Labute approximate surface area is 50.0 Å². The molecule has 1 unspecified atom stereocenters. The minimum absolute atomic E-state index is 0.150. The molecule has 0 fully saturated rings. The number of carbonyl (C=O) groups excluding carboxylic acids is 1.